The van der Waals surface area contributed by atoms with E-state index < -0.39 is 0 Å². The summed E-state index contributed by atoms with van der Waals surface area (Å²) in [6, 6.07) is 61.1. The summed E-state index contributed by atoms with van der Waals surface area (Å²) in [5.41, 5.74) is 9.65. The molecule has 0 fully saturated rings. The molecule has 0 bridgehead atoms. The highest BCUT2D eigenvalue weighted by Gasteiger charge is 2.14. The van der Waals surface area contributed by atoms with Crippen molar-refractivity contribution in [3.8, 4) is 12.1 Å². The first-order valence-electron chi connectivity index (χ1n) is 16.8. The van der Waals surface area contributed by atoms with Crippen LogP contribution < -0.4 is 9.80 Å². The Morgan fingerprint density at radius 2 is 0.654 bits per heavy atom. The Morgan fingerprint density at radius 3 is 0.904 bits per heavy atom. The van der Waals surface area contributed by atoms with Crippen LogP contribution in [0.1, 0.15) is 22.5 Å². The molecule has 0 spiro atoms. The number of anilines is 6. The minimum Gasteiger partial charge on any atom is -0.311 e. The molecule has 0 aliphatic carbocycles. The number of rotatable bonds is 10. The molecule has 7 aromatic rings. The molecule has 0 saturated carbocycles. The van der Waals surface area contributed by atoms with Crippen LogP contribution in [0.5, 0.6) is 0 Å². The second-order valence-corrected chi connectivity index (χ2v) is 11.8. The van der Waals surface area contributed by atoms with E-state index >= 15 is 0 Å². The maximum absolute atomic E-state index is 10.1. The van der Waals surface area contributed by atoms with Gasteiger partial charge in [-0.25, -0.2) is 0 Å². The molecule has 0 radical (unpaired) electrons. The molecule has 6 nitrogen and oxygen atoms in total. The van der Waals surface area contributed by atoms with Crippen molar-refractivity contribution in [2.45, 2.75) is 0 Å². The summed E-state index contributed by atoms with van der Waals surface area (Å²) in [6.07, 6.45) is 6.66. The third kappa shape index (κ3) is 7.53. The van der Waals surface area contributed by atoms with Crippen LogP contribution >= 0.6 is 0 Å². The zero-order valence-electron chi connectivity index (χ0n) is 28.2. The maximum atomic E-state index is 10.1. The fourth-order valence-electron chi connectivity index (χ4n) is 5.94. The molecule has 246 valence electrons. The maximum Gasteiger partial charge on any atom is 0.0998 e. The van der Waals surface area contributed by atoms with Crippen LogP contribution in [0.2, 0.25) is 0 Å². The third-order valence-electron chi connectivity index (χ3n) is 8.45. The molecule has 1 aromatic heterocycles. The molecule has 6 aromatic carbocycles. The predicted molar refractivity (Wildman–Crippen MR) is 211 cm³/mol. The molecule has 1 heterocycles. The van der Waals surface area contributed by atoms with E-state index in [9.17, 15) is 10.5 Å². The lowest BCUT2D eigenvalue weighted by Gasteiger charge is -2.25. The van der Waals surface area contributed by atoms with Gasteiger partial charge in [-0.1, -0.05) is 97.1 Å². The van der Waals surface area contributed by atoms with Crippen LogP contribution in [-0.2, 0) is 0 Å². The molecule has 0 aliphatic heterocycles. The van der Waals surface area contributed by atoms with Gasteiger partial charge in [-0.05, 0) is 96.1 Å². The van der Waals surface area contributed by atoms with E-state index in [1.165, 1.54) is 0 Å². The Labute approximate surface area is 303 Å². The van der Waals surface area contributed by atoms with Crippen LogP contribution in [0, 0.1) is 22.7 Å². The third-order valence-corrected chi connectivity index (χ3v) is 8.45. The Morgan fingerprint density at radius 1 is 0.385 bits per heavy atom. The number of nitriles is 2. The highest BCUT2D eigenvalue weighted by molar-refractivity contribution is 5.91. The summed E-state index contributed by atoms with van der Waals surface area (Å²) in [4.78, 5) is 13.4. The van der Waals surface area contributed by atoms with Gasteiger partial charge in [-0.3, -0.25) is 9.97 Å². The zero-order valence-corrected chi connectivity index (χ0v) is 28.2. The van der Waals surface area contributed by atoms with E-state index in [0.29, 0.717) is 22.5 Å². The average Bonchev–Trinajstić information content (AvgIpc) is 3.22. The van der Waals surface area contributed by atoms with Crippen LogP contribution in [0.15, 0.2) is 182 Å². The molecule has 0 saturated heterocycles. The Balaban J connectivity index is 1.10. The van der Waals surface area contributed by atoms with Crippen LogP contribution in [0.4, 0.5) is 34.1 Å². The van der Waals surface area contributed by atoms with Crippen LogP contribution in [0.3, 0.4) is 0 Å². The summed E-state index contributed by atoms with van der Waals surface area (Å²) >= 11 is 0. The van der Waals surface area contributed by atoms with Gasteiger partial charge in [0.15, 0.2) is 0 Å². The Bertz CT molecular complexity index is 2120. The van der Waals surface area contributed by atoms with E-state index in [2.05, 4.69) is 80.4 Å². The quantitative estimate of drug-likeness (QED) is 0.135. The largest absolute Gasteiger partial charge is 0.311 e. The van der Waals surface area contributed by atoms with Crippen LogP contribution in [0.25, 0.3) is 23.3 Å². The van der Waals surface area contributed by atoms with Gasteiger partial charge in [-0.15, -0.1) is 0 Å². The fourth-order valence-corrected chi connectivity index (χ4v) is 5.94. The number of para-hydroxylation sites is 4. The second kappa shape index (κ2) is 15.8. The molecule has 0 unspecified atom stereocenters. The van der Waals surface area contributed by atoms with Gasteiger partial charge < -0.3 is 9.80 Å². The summed E-state index contributed by atoms with van der Waals surface area (Å²) in [5.74, 6) is 0. The summed E-state index contributed by atoms with van der Waals surface area (Å²) < 4.78 is 0. The topological polar surface area (TPSA) is 79.8 Å². The predicted octanol–water partition coefficient (Wildman–Crippen LogP) is 11.5. The summed E-state index contributed by atoms with van der Waals surface area (Å²) in [6.45, 7) is 0. The van der Waals surface area contributed by atoms with E-state index in [1.54, 1.807) is 24.5 Å². The molecule has 7 rings (SSSR count). The first kappa shape index (κ1) is 33.0. The molecule has 6 heteroatoms. The van der Waals surface area contributed by atoms with Gasteiger partial charge in [0.05, 0.1) is 47.1 Å². The normalized spacial score (nSPS) is 11.3. The smallest absolute Gasteiger partial charge is 0.0998 e. The summed E-state index contributed by atoms with van der Waals surface area (Å²) in [5, 5.41) is 20.1. The monoisotopic (exact) mass is 668 g/mol. The van der Waals surface area contributed by atoms with Crippen molar-refractivity contribution in [3.05, 3.63) is 205 Å². The van der Waals surface area contributed by atoms with Gasteiger partial charge in [-0.2, -0.15) is 10.5 Å². The molecule has 0 N–H and O–H groups in total. The van der Waals surface area contributed by atoms with E-state index in [-0.39, 0.29) is 0 Å². The van der Waals surface area contributed by atoms with Crippen molar-refractivity contribution >= 4 is 57.4 Å². The summed E-state index contributed by atoms with van der Waals surface area (Å²) in [7, 11) is 0. The van der Waals surface area contributed by atoms with Crippen molar-refractivity contribution in [2.75, 3.05) is 9.80 Å². The van der Waals surface area contributed by atoms with Gasteiger partial charge in [0.25, 0.3) is 0 Å². The van der Waals surface area contributed by atoms with Crippen molar-refractivity contribution in [1.82, 2.24) is 9.97 Å². The average molecular weight is 669 g/mol. The van der Waals surface area contributed by atoms with Crippen molar-refractivity contribution in [1.29, 1.82) is 10.5 Å². The lowest BCUT2D eigenvalue weighted by atomic mass is 10.0. The highest BCUT2D eigenvalue weighted by atomic mass is 15.1. The molecular formula is C46H32N6. The van der Waals surface area contributed by atoms with Crippen molar-refractivity contribution in [3.63, 3.8) is 0 Å². The molecule has 0 amide bonds. The molecule has 0 atom stereocenters. The number of hydrogen-bond donors (Lipinski definition) is 0. The minimum atomic E-state index is 0.466. The lowest BCUT2D eigenvalue weighted by molar-refractivity contribution is 1.16. The van der Waals surface area contributed by atoms with E-state index in [1.807, 2.05) is 121 Å². The SMILES string of the molecule is N#CC(=Cc1cnc(C=C(C#N)c2ccc(N(c3ccccc3)c3ccccc3)cc2)cn1)c1ccc(N(c2ccccc2)c2ccccc2)cc1. The molecular weight excluding hydrogens is 637 g/mol. The van der Waals surface area contributed by atoms with E-state index in [0.717, 1.165) is 45.3 Å². The second-order valence-electron chi connectivity index (χ2n) is 11.8. The first-order valence-corrected chi connectivity index (χ1v) is 16.8. The number of nitrogens with zero attached hydrogens (tertiary/aromatic N) is 6. The molecule has 52 heavy (non-hydrogen) atoms. The zero-order chi connectivity index (χ0) is 35.5. The first-order chi connectivity index (χ1) is 25.7. The lowest BCUT2D eigenvalue weighted by Crippen LogP contribution is -2.09. The fraction of sp³-hybridized carbons (Fsp3) is 0. The van der Waals surface area contributed by atoms with Gasteiger partial charge >= 0.3 is 0 Å². The number of hydrogen-bond acceptors (Lipinski definition) is 6. The minimum absolute atomic E-state index is 0.466. The van der Waals surface area contributed by atoms with Gasteiger partial charge in [0, 0.05) is 34.1 Å². The highest BCUT2D eigenvalue weighted by Crippen LogP contribution is 2.36. The van der Waals surface area contributed by atoms with Crippen LogP contribution in [-0.4, -0.2) is 9.97 Å². The Kier molecular flexibility index (Phi) is 10.0. The standard InChI is InChI=1S/C46H32N6/c47-31-37(35-21-25-45(26-22-35)51(41-13-5-1-6-14-41)42-15-7-2-8-16-42)29-39-33-50-40(34-49-39)30-38(32-48)36-23-27-46(28-24-36)52(43-17-9-3-10-18-43)44-19-11-4-12-20-44/h1-30,33-34H. The number of allylic oxidation sites excluding steroid dienone is 2. The Hall–Kier alpha value is -7.54. The van der Waals surface area contributed by atoms with E-state index in [4.69, 9.17) is 0 Å². The van der Waals surface area contributed by atoms with Gasteiger partial charge in [0.2, 0.25) is 0 Å². The molecule has 0 aliphatic rings. The number of benzene rings is 6. The van der Waals surface area contributed by atoms with Gasteiger partial charge in [0.1, 0.15) is 0 Å². The van der Waals surface area contributed by atoms with Crippen molar-refractivity contribution < 1.29 is 0 Å². The van der Waals surface area contributed by atoms with Crippen molar-refractivity contribution in [2.24, 2.45) is 0 Å². The number of aromatic nitrogens is 2.